The van der Waals surface area contributed by atoms with Gasteiger partial charge in [-0.3, -0.25) is 38.4 Å². The van der Waals surface area contributed by atoms with Gasteiger partial charge in [0.25, 0.3) is 0 Å². The lowest BCUT2D eigenvalue weighted by Crippen LogP contribution is -2.63. The minimum atomic E-state index is -1.63. The first kappa shape index (κ1) is 53.0. The summed E-state index contributed by atoms with van der Waals surface area (Å²) in [4.78, 5) is 126. The highest BCUT2D eigenvalue weighted by atomic mass is 16.5. The molecule has 1 aliphatic heterocycles. The van der Waals surface area contributed by atoms with Crippen LogP contribution in [0.4, 0.5) is 0 Å². The molecule has 3 aromatic rings. The summed E-state index contributed by atoms with van der Waals surface area (Å²) in [5, 5.41) is 42.7. The molecular formula is C51H63N7O13. The molecule has 8 N–H and O–H groups in total. The van der Waals surface area contributed by atoms with Crippen LogP contribution < -0.4 is 31.3 Å². The SMILES string of the molecule is C=CC1C[C@@]1(NC(=O)[C@@H]1C[C@@H](Oc2cc(-c3ccccc3)nc3ccccc23)CN1C(=O)[C@@H](NC(=O)[C@@H](NC(=O)[C@@H](CCC(=O)O)NC(=O)[C@H](CC(=O)O)NC(C)=O)C1CCCCC1)C(C)(C)C)C(=O)O. The second-order valence-corrected chi connectivity index (χ2v) is 19.7. The summed E-state index contributed by atoms with van der Waals surface area (Å²) >= 11 is 0. The number of para-hydroxylation sites is 1. The van der Waals surface area contributed by atoms with E-state index < -0.39 is 132 Å². The molecule has 2 saturated carbocycles. The third-order valence-corrected chi connectivity index (χ3v) is 13.4. The molecule has 0 spiro atoms. The first-order valence-corrected chi connectivity index (χ1v) is 23.8. The highest BCUT2D eigenvalue weighted by molar-refractivity contribution is 5.99. The molecule has 20 nitrogen and oxygen atoms in total. The van der Waals surface area contributed by atoms with Gasteiger partial charge in [0.2, 0.25) is 35.4 Å². The molecule has 1 unspecified atom stereocenters. The van der Waals surface area contributed by atoms with Crippen molar-refractivity contribution in [3.8, 4) is 17.0 Å². The predicted molar refractivity (Wildman–Crippen MR) is 257 cm³/mol. The number of aromatic nitrogens is 1. The van der Waals surface area contributed by atoms with E-state index in [0.29, 0.717) is 48.0 Å². The van der Waals surface area contributed by atoms with Crippen molar-refractivity contribution < 1.29 is 63.2 Å². The largest absolute Gasteiger partial charge is 0.488 e. The fourth-order valence-electron chi connectivity index (χ4n) is 9.47. The van der Waals surface area contributed by atoms with E-state index in [-0.39, 0.29) is 19.4 Å². The normalized spacial score (nSPS) is 21.6. The maximum Gasteiger partial charge on any atom is 0.330 e. The van der Waals surface area contributed by atoms with Crippen molar-refractivity contribution in [2.75, 3.05) is 6.54 Å². The molecule has 6 amide bonds. The fourth-order valence-corrected chi connectivity index (χ4v) is 9.47. The van der Waals surface area contributed by atoms with E-state index in [1.807, 2.05) is 54.6 Å². The Kier molecular flexibility index (Phi) is 16.8. The van der Waals surface area contributed by atoms with Crippen LogP contribution in [-0.4, -0.2) is 127 Å². The molecule has 2 aliphatic carbocycles. The second kappa shape index (κ2) is 22.6. The molecule has 1 saturated heterocycles. The number of amides is 6. The summed E-state index contributed by atoms with van der Waals surface area (Å²) in [5.41, 5.74) is -0.612. The van der Waals surface area contributed by atoms with Gasteiger partial charge < -0.3 is 51.5 Å². The zero-order valence-electron chi connectivity index (χ0n) is 40.3. The lowest BCUT2D eigenvalue weighted by atomic mass is 9.82. The van der Waals surface area contributed by atoms with Gasteiger partial charge in [0.05, 0.1) is 24.2 Å². The lowest BCUT2D eigenvalue weighted by Gasteiger charge is -2.38. The Hall–Kier alpha value is -7.38. The number of ether oxygens (including phenoxy) is 1. The first-order valence-electron chi connectivity index (χ1n) is 23.8. The molecule has 8 atom stereocenters. The number of hydrogen-bond donors (Lipinski definition) is 8. The van der Waals surface area contributed by atoms with Gasteiger partial charge in [-0.05, 0) is 49.1 Å². The molecule has 3 aliphatic rings. The zero-order chi connectivity index (χ0) is 51.8. The number of hydrogen-bond acceptors (Lipinski definition) is 11. The molecule has 71 heavy (non-hydrogen) atoms. The molecule has 3 fully saturated rings. The smallest absolute Gasteiger partial charge is 0.330 e. The number of pyridine rings is 1. The van der Waals surface area contributed by atoms with E-state index in [2.05, 4.69) is 33.2 Å². The molecule has 20 heteroatoms. The van der Waals surface area contributed by atoms with Crippen molar-refractivity contribution in [2.24, 2.45) is 17.3 Å². The molecule has 0 bridgehead atoms. The van der Waals surface area contributed by atoms with Gasteiger partial charge in [0.1, 0.15) is 47.6 Å². The van der Waals surface area contributed by atoms with E-state index in [1.165, 1.54) is 11.0 Å². The van der Waals surface area contributed by atoms with E-state index in [9.17, 15) is 53.7 Å². The van der Waals surface area contributed by atoms with Crippen molar-refractivity contribution in [2.45, 2.75) is 134 Å². The van der Waals surface area contributed by atoms with Crippen molar-refractivity contribution in [1.82, 2.24) is 36.5 Å². The van der Waals surface area contributed by atoms with Gasteiger partial charge >= 0.3 is 17.9 Å². The number of nitrogens with zero attached hydrogens (tertiary/aromatic N) is 2. The van der Waals surface area contributed by atoms with Gasteiger partial charge in [-0.2, -0.15) is 0 Å². The Morgan fingerprint density at radius 2 is 1.51 bits per heavy atom. The van der Waals surface area contributed by atoms with E-state index in [0.717, 1.165) is 18.9 Å². The van der Waals surface area contributed by atoms with Crippen LogP contribution in [0.2, 0.25) is 0 Å². The fraction of sp³-hybridized carbons (Fsp3) is 0.490. The molecule has 0 radical (unpaired) electrons. The van der Waals surface area contributed by atoms with Gasteiger partial charge in [-0.25, -0.2) is 9.78 Å². The highest BCUT2D eigenvalue weighted by Gasteiger charge is 2.61. The van der Waals surface area contributed by atoms with Crippen molar-refractivity contribution in [1.29, 1.82) is 0 Å². The van der Waals surface area contributed by atoms with Crippen molar-refractivity contribution in [3.05, 3.63) is 73.3 Å². The van der Waals surface area contributed by atoms with Crippen LogP contribution >= 0.6 is 0 Å². The van der Waals surface area contributed by atoms with Crippen LogP contribution in [-0.2, 0) is 43.2 Å². The first-order chi connectivity index (χ1) is 33.6. The highest BCUT2D eigenvalue weighted by Crippen LogP contribution is 2.45. The maximum absolute atomic E-state index is 15.2. The van der Waals surface area contributed by atoms with E-state index in [1.54, 1.807) is 26.8 Å². The Morgan fingerprint density at radius 1 is 0.845 bits per heavy atom. The summed E-state index contributed by atoms with van der Waals surface area (Å²) in [7, 11) is 0. The van der Waals surface area contributed by atoms with Gasteiger partial charge in [-0.1, -0.05) is 88.6 Å². The minimum absolute atomic E-state index is 0.0619. The van der Waals surface area contributed by atoms with Crippen molar-refractivity contribution in [3.63, 3.8) is 0 Å². The summed E-state index contributed by atoms with van der Waals surface area (Å²) in [6.07, 6.45) is 2.00. The number of benzene rings is 2. The predicted octanol–water partition coefficient (Wildman–Crippen LogP) is 3.32. The van der Waals surface area contributed by atoms with E-state index in [4.69, 9.17) is 9.72 Å². The molecular weight excluding hydrogens is 919 g/mol. The third kappa shape index (κ3) is 13.1. The number of carbonyl (C=O) groups is 9. The molecule has 2 heterocycles. The number of carbonyl (C=O) groups excluding carboxylic acids is 6. The number of aliphatic carboxylic acids is 3. The number of nitrogens with one attached hydrogen (secondary N) is 5. The number of likely N-dealkylation sites (tertiary alicyclic amines) is 1. The number of carboxylic acid groups (broad SMARTS) is 3. The van der Waals surface area contributed by atoms with Crippen LogP contribution in [0.5, 0.6) is 5.75 Å². The van der Waals surface area contributed by atoms with Crippen LogP contribution in [0.15, 0.2) is 73.3 Å². The summed E-state index contributed by atoms with van der Waals surface area (Å²) < 4.78 is 6.69. The summed E-state index contributed by atoms with van der Waals surface area (Å²) in [5.74, 6) is -9.56. The average Bonchev–Trinajstić information content (AvgIpc) is 3.89. The number of carboxylic acids is 3. The molecule has 6 rings (SSSR count). The monoisotopic (exact) mass is 981 g/mol. The number of rotatable bonds is 21. The Morgan fingerprint density at radius 3 is 2.11 bits per heavy atom. The van der Waals surface area contributed by atoms with Gasteiger partial charge in [0.15, 0.2) is 0 Å². The molecule has 1 aromatic heterocycles. The van der Waals surface area contributed by atoms with Gasteiger partial charge in [0, 0.05) is 42.7 Å². The average molecular weight is 982 g/mol. The second-order valence-electron chi connectivity index (χ2n) is 19.7. The summed E-state index contributed by atoms with van der Waals surface area (Å²) in [6.45, 7) is 9.75. The Balaban J connectivity index is 1.31. The minimum Gasteiger partial charge on any atom is -0.488 e. The van der Waals surface area contributed by atoms with Crippen LogP contribution in [0.3, 0.4) is 0 Å². The molecule has 2 aromatic carbocycles. The van der Waals surface area contributed by atoms with Gasteiger partial charge in [-0.15, -0.1) is 6.58 Å². The third-order valence-electron chi connectivity index (χ3n) is 13.4. The van der Waals surface area contributed by atoms with Crippen LogP contribution in [0, 0.1) is 17.3 Å². The maximum atomic E-state index is 15.2. The van der Waals surface area contributed by atoms with Crippen LogP contribution in [0.1, 0.15) is 91.9 Å². The zero-order valence-corrected chi connectivity index (χ0v) is 40.3. The Labute approximate surface area is 410 Å². The van der Waals surface area contributed by atoms with Crippen molar-refractivity contribution >= 4 is 64.3 Å². The summed E-state index contributed by atoms with van der Waals surface area (Å²) in [6, 6.07) is 11.4. The quantitative estimate of drug-likeness (QED) is 0.0711. The number of fused-ring (bicyclic) bond motifs is 1. The topological polar surface area (TPSA) is 300 Å². The standard InChI is InChI=1S/C51H63N7O13/c1-6-31-26-51(31,49(69)70)57-46(66)38-23-32(71-39-24-36(29-15-9-7-10-16-29)53-34-20-14-13-19-33(34)39)27-58(38)48(68)43(50(3,4)5)56-47(67)42(30-17-11-8-12-18-30)55-44(64)35(21-22-40(60)61)54-45(65)37(25-41(62)63)52-28(2)59/h6-7,9-10,13-16,19-20,24,30-32,35,37-38,42-43H,1,8,11-12,17-18,21-23,25-27H2,2-5H3,(H,52,59)(H,54,65)(H,55,64)(H,56,67)(H,57,66)(H,60,61)(H,62,63)(H,69,70)/t31?,32-,35-,37+,38+,42+,43-,51+/m1/s1. The lowest BCUT2D eigenvalue weighted by molar-refractivity contribution is -0.147. The Bertz CT molecular complexity index is 2530. The molecule has 380 valence electrons. The van der Waals surface area contributed by atoms with Crippen LogP contribution in [0.25, 0.3) is 22.2 Å². The van der Waals surface area contributed by atoms with E-state index >= 15 is 4.79 Å².